The summed E-state index contributed by atoms with van der Waals surface area (Å²) in [5, 5.41) is 1.96. The van der Waals surface area contributed by atoms with Gasteiger partial charge in [0.25, 0.3) is 5.91 Å². The van der Waals surface area contributed by atoms with E-state index in [-0.39, 0.29) is 24.2 Å². The SMILES string of the molecule is COCCN1C(=O)CC(C(=O)OC)C12CCN(C(=O)c1cccc3ccccc13)CC2. The van der Waals surface area contributed by atoms with Gasteiger partial charge in [0, 0.05) is 38.7 Å². The van der Waals surface area contributed by atoms with Crippen LogP contribution in [0.1, 0.15) is 29.6 Å². The molecule has 1 unspecified atom stereocenters. The fraction of sp³-hybridized carbons (Fsp3) is 0.458. The van der Waals surface area contributed by atoms with Gasteiger partial charge in [0.1, 0.15) is 0 Å². The lowest BCUT2D eigenvalue weighted by Gasteiger charge is -2.47. The molecule has 2 aromatic carbocycles. The number of rotatable bonds is 5. The van der Waals surface area contributed by atoms with Crippen molar-refractivity contribution in [2.24, 2.45) is 5.92 Å². The molecule has 0 aliphatic carbocycles. The predicted molar refractivity (Wildman–Crippen MR) is 116 cm³/mol. The minimum absolute atomic E-state index is 0.0194. The van der Waals surface area contributed by atoms with E-state index in [1.54, 1.807) is 12.0 Å². The number of amides is 2. The van der Waals surface area contributed by atoms with Crippen LogP contribution in [0.5, 0.6) is 0 Å². The second kappa shape index (κ2) is 8.67. The molecule has 1 spiro atoms. The van der Waals surface area contributed by atoms with Gasteiger partial charge in [0.2, 0.25) is 5.91 Å². The third-order valence-electron chi connectivity index (χ3n) is 6.81. The maximum absolute atomic E-state index is 13.3. The summed E-state index contributed by atoms with van der Waals surface area (Å²) in [5.74, 6) is -0.950. The molecular weight excluding hydrogens is 396 g/mol. The largest absolute Gasteiger partial charge is 0.469 e. The van der Waals surface area contributed by atoms with Gasteiger partial charge >= 0.3 is 5.97 Å². The Kier molecular flexibility index (Phi) is 5.96. The number of carbonyl (C=O) groups excluding carboxylic acids is 3. The van der Waals surface area contributed by atoms with Crippen molar-refractivity contribution in [2.75, 3.05) is 40.5 Å². The fourth-order valence-electron chi connectivity index (χ4n) is 5.18. The molecule has 2 fully saturated rings. The van der Waals surface area contributed by atoms with E-state index in [9.17, 15) is 14.4 Å². The minimum Gasteiger partial charge on any atom is -0.469 e. The molecule has 1 atom stereocenters. The number of piperidine rings is 1. The van der Waals surface area contributed by atoms with Crippen molar-refractivity contribution in [3.8, 4) is 0 Å². The summed E-state index contributed by atoms with van der Waals surface area (Å²) >= 11 is 0. The number of likely N-dealkylation sites (tertiary alicyclic amines) is 2. The van der Waals surface area contributed by atoms with E-state index < -0.39 is 11.5 Å². The number of benzene rings is 2. The highest BCUT2D eigenvalue weighted by molar-refractivity contribution is 6.07. The average Bonchev–Trinajstić information content (AvgIpc) is 3.07. The molecule has 2 heterocycles. The van der Waals surface area contributed by atoms with E-state index in [2.05, 4.69) is 0 Å². The molecule has 2 aliphatic rings. The lowest BCUT2D eigenvalue weighted by Crippen LogP contribution is -2.58. The molecule has 7 heteroatoms. The molecule has 0 saturated carbocycles. The van der Waals surface area contributed by atoms with Crippen LogP contribution in [0.25, 0.3) is 10.8 Å². The molecule has 4 rings (SSSR count). The Balaban J connectivity index is 1.58. The normalized spacial score (nSPS) is 20.5. The second-order valence-corrected chi connectivity index (χ2v) is 8.24. The highest BCUT2D eigenvalue weighted by atomic mass is 16.5. The second-order valence-electron chi connectivity index (χ2n) is 8.24. The molecule has 0 radical (unpaired) electrons. The van der Waals surface area contributed by atoms with Gasteiger partial charge in [-0.2, -0.15) is 0 Å². The molecule has 164 valence electrons. The molecule has 2 aliphatic heterocycles. The van der Waals surface area contributed by atoms with Crippen LogP contribution < -0.4 is 0 Å². The average molecular weight is 424 g/mol. The molecular formula is C24H28N2O5. The van der Waals surface area contributed by atoms with Crippen molar-refractivity contribution in [2.45, 2.75) is 24.8 Å². The monoisotopic (exact) mass is 424 g/mol. The standard InChI is InChI=1S/C24H28N2O5/c1-30-15-14-26-21(27)16-20(23(29)31-2)24(26)10-12-25(13-11-24)22(28)19-9-5-7-17-6-3-4-8-18(17)19/h3-9,20H,10-16H2,1-2H3. The zero-order valence-electron chi connectivity index (χ0n) is 18.0. The Bertz CT molecular complexity index is 991. The summed E-state index contributed by atoms with van der Waals surface area (Å²) in [6, 6.07) is 13.6. The van der Waals surface area contributed by atoms with Gasteiger partial charge in [-0.25, -0.2) is 0 Å². The number of ether oxygens (including phenoxy) is 2. The van der Waals surface area contributed by atoms with Crippen LogP contribution in [0.2, 0.25) is 0 Å². The molecule has 7 nitrogen and oxygen atoms in total. The van der Waals surface area contributed by atoms with Crippen LogP contribution in [0, 0.1) is 5.92 Å². The third kappa shape index (κ3) is 3.67. The van der Waals surface area contributed by atoms with E-state index in [0.29, 0.717) is 44.6 Å². The lowest BCUT2D eigenvalue weighted by atomic mass is 9.76. The van der Waals surface area contributed by atoms with Gasteiger partial charge in [-0.1, -0.05) is 36.4 Å². The maximum atomic E-state index is 13.3. The van der Waals surface area contributed by atoms with Crippen LogP contribution in [0.4, 0.5) is 0 Å². The number of fused-ring (bicyclic) bond motifs is 1. The van der Waals surface area contributed by atoms with Crippen LogP contribution in [-0.2, 0) is 19.1 Å². The summed E-state index contributed by atoms with van der Waals surface area (Å²) in [5.41, 5.74) is 0.0513. The van der Waals surface area contributed by atoms with E-state index in [4.69, 9.17) is 9.47 Å². The first kappa shape index (κ1) is 21.3. The highest BCUT2D eigenvalue weighted by Gasteiger charge is 2.57. The van der Waals surface area contributed by atoms with E-state index in [0.717, 1.165) is 10.8 Å². The minimum atomic E-state index is -0.627. The highest BCUT2D eigenvalue weighted by Crippen LogP contribution is 2.44. The van der Waals surface area contributed by atoms with Crippen LogP contribution in [0.15, 0.2) is 42.5 Å². The zero-order chi connectivity index (χ0) is 22.0. The first-order chi connectivity index (χ1) is 15.0. The molecule has 2 saturated heterocycles. The first-order valence-electron chi connectivity index (χ1n) is 10.7. The van der Waals surface area contributed by atoms with Gasteiger partial charge < -0.3 is 19.3 Å². The van der Waals surface area contributed by atoms with Gasteiger partial charge in [-0.15, -0.1) is 0 Å². The zero-order valence-corrected chi connectivity index (χ0v) is 18.0. The van der Waals surface area contributed by atoms with Gasteiger partial charge in [-0.3, -0.25) is 14.4 Å². The number of hydrogen-bond donors (Lipinski definition) is 0. The molecule has 31 heavy (non-hydrogen) atoms. The number of methoxy groups -OCH3 is 2. The van der Waals surface area contributed by atoms with Gasteiger partial charge in [0.05, 0.1) is 25.2 Å². The number of carbonyl (C=O) groups is 3. The summed E-state index contributed by atoms with van der Waals surface area (Å²) in [7, 11) is 2.95. The summed E-state index contributed by atoms with van der Waals surface area (Å²) in [4.78, 5) is 42.2. The van der Waals surface area contributed by atoms with E-state index >= 15 is 0 Å². The van der Waals surface area contributed by atoms with Crippen molar-refractivity contribution >= 4 is 28.6 Å². The third-order valence-corrected chi connectivity index (χ3v) is 6.81. The van der Waals surface area contributed by atoms with Crippen molar-refractivity contribution in [1.82, 2.24) is 9.80 Å². The van der Waals surface area contributed by atoms with Crippen molar-refractivity contribution < 1.29 is 23.9 Å². The smallest absolute Gasteiger partial charge is 0.311 e. The molecule has 2 aromatic rings. The quantitative estimate of drug-likeness (QED) is 0.690. The van der Waals surface area contributed by atoms with Gasteiger partial charge in [0.15, 0.2) is 0 Å². The maximum Gasteiger partial charge on any atom is 0.311 e. The Labute approximate surface area is 181 Å². The topological polar surface area (TPSA) is 76.2 Å². The molecule has 2 amide bonds. The summed E-state index contributed by atoms with van der Waals surface area (Å²) < 4.78 is 10.2. The molecule has 0 bridgehead atoms. The van der Waals surface area contributed by atoms with Gasteiger partial charge in [-0.05, 0) is 29.7 Å². The number of hydrogen-bond acceptors (Lipinski definition) is 5. The van der Waals surface area contributed by atoms with Crippen molar-refractivity contribution in [3.05, 3.63) is 48.0 Å². The van der Waals surface area contributed by atoms with Crippen LogP contribution in [0.3, 0.4) is 0 Å². The van der Waals surface area contributed by atoms with Crippen LogP contribution in [-0.4, -0.2) is 73.6 Å². The van der Waals surface area contributed by atoms with E-state index in [1.807, 2.05) is 47.4 Å². The summed E-state index contributed by atoms with van der Waals surface area (Å²) in [6.45, 7) is 1.79. The molecule has 0 aromatic heterocycles. The van der Waals surface area contributed by atoms with E-state index in [1.165, 1.54) is 7.11 Å². The van der Waals surface area contributed by atoms with Crippen molar-refractivity contribution in [1.29, 1.82) is 0 Å². The predicted octanol–water partition coefficient (Wildman–Crippen LogP) is 2.48. The Morgan fingerprint density at radius 3 is 2.48 bits per heavy atom. The lowest BCUT2D eigenvalue weighted by molar-refractivity contribution is -0.150. The Morgan fingerprint density at radius 2 is 1.77 bits per heavy atom. The number of nitrogens with zero attached hydrogens (tertiary/aromatic N) is 2. The Hall–Kier alpha value is -2.93. The number of esters is 1. The van der Waals surface area contributed by atoms with Crippen molar-refractivity contribution in [3.63, 3.8) is 0 Å². The Morgan fingerprint density at radius 1 is 1.06 bits per heavy atom. The fourth-order valence-corrected chi connectivity index (χ4v) is 5.18. The molecule has 0 N–H and O–H groups in total. The summed E-state index contributed by atoms with van der Waals surface area (Å²) in [6.07, 6.45) is 1.23. The first-order valence-corrected chi connectivity index (χ1v) is 10.7. The van der Waals surface area contributed by atoms with Crippen LogP contribution >= 0.6 is 0 Å².